The van der Waals surface area contributed by atoms with Crippen LogP contribution in [0.25, 0.3) is 5.69 Å². The summed E-state index contributed by atoms with van der Waals surface area (Å²) in [6, 6.07) is 10.8. The highest BCUT2D eigenvalue weighted by molar-refractivity contribution is 6.30. The molecule has 33 heavy (non-hydrogen) atoms. The molecule has 0 amide bonds. The number of likely N-dealkylation sites (tertiary alicyclic amines) is 1. The highest BCUT2D eigenvalue weighted by Gasteiger charge is 2.42. The zero-order valence-corrected chi connectivity index (χ0v) is 19.8. The summed E-state index contributed by atoms with van der Waals surface area (Å²) in [5, 5.41) is 15.0. The average molecular weight is 471 g/mol. The Morgan fingerprint density at radius 1 is 1.21 bits per heavy atom. The summed E-state index contributed by atoms with van der Waals surface area (Å²) < 4.78 is 23.0. The molecule has 1 saturated heterocycles. The van der Waals surface area contributed by atoms with Crippen LogP contribution in [0.5, 0.6) is 5.75 Å². The first-order chi connectivity index (χ1) is 15.8. The largest absolute Gasteiger partial charge is 0.484 e. The van der Waals surface area contributed by atoms with E-state index in [4.69, 9.17) is 16.3 Å². The summed E-state index contributed by atoms with van der Waals surface area (Å²) in [7, 11) is 0. The summed E-state index contributed by atoms with van der Waals surface area (Å²) in [6.45, 7) is 7.40. The van der Waals surface area contributed by atoms with Crippen molar-refractivity contribution >= 4 is 11.6 Å². The fraction of sp³-hybridized carbons (Fsp3) is 0.440. The van der Waals surface area contributed by atoms with Crippen LogP contribution in [0.3, 0.4) is 0 Å². The van der Waals surface area contributed by atoms with E-state index in [-0.39, 0.29) is 30.0 Å². The number of hydrogen-bond donors (Lipinski definition) is 1. The van der Waals surface area contributed by atoms with Gasteiger partial charge in [0.05, 0.1) is 17.8 Å². The minimum Gasteiger partial charge on any atom is -0.484 e. The Morgan fingerprint density at radius 2 is 1.97 bits per heavy atom. The Balaban J connectivity index is 1.43. The van der Waals surface area contributed by atoms with Crippen LogP contribution in [0.4, 0.5) is 4.39 Å². The number of aromatic nitrogens is 3. The van der Waals surface area contributed by atoms with Gasteiger partial charge in [-0.1, -0.05) is 25.4 Å². The minimum atomic E-state index is -0.370. The molecule has 1 fully saturated rings. The van der Waals surface area contributed by atoms with Gasteiger partial charge in [-0.3, -0.25) is 4.90 Å². The molecule has 6 nitrogen and oxygen atoms in total. The van der Waals surface area contributed by atoms with Crippen LogP contribution in [0.2, 0.25) is 5.02 Å². The second-order valence-electron chi connectivity index (χ2n) is 9.28. The molecule has 8 heteroatoms. The molecule has 2 aliphatic rings. The molecular weight excluding hydrogens is 443 g/mol. The van der Waals surface area contributed by atoms with Crippen LogP contribution in [0, 0.1) is 12.7 Å². The number of hydrogen-bond acceptors (Lipinski definition) is 5. The van der Waals surface area contributed by atoms with Crippen molar-refractivity contribution in [2.45, 2.75) is 57.8 Å². The number of rotatable bonds is 5. The van der Waals surface area contributed by atoms with Crippen LogP contribution in [-0.4, -0.2) is 50.0 Å². The van der Waals surface area contributed by atoms with E-state index < -0.39 is 0 Å². The lowest BCUT2D eigenvalue weighted by Crippen LogP contribution is -2.39. The van der Waals surface area contributed by atoms with Gasteiger partial charge in [0.25, 0.3) is 0 Å². The van der Waals surface area contributed by atoms with E-state index in [1.807, 2.05) is 35.9 Å². The van der Waals surface area contributed by atoms with Gasteiger partial charge >= 0.3 is 0 Å². The first-order valence-corrected chi connectivity index (χ1v) is 11.8. The Bertz CT molecular complexity index is 1160. The molecule has 1 aliphatic heterocycles. The van der Waals surface area contributed by atoms with Crippen LogP contribution < -0.4 is 4.74 Å². The van der Waals surface area contributed by atoms with Crippen molar-refractivity contribution in [2.24, 2.45) is 0 Å². The number of β-amino-alcohol motifs (C(OH)–C–C–N with tert-alkyl or cyclic N) is 1. The van der Waals surface area contributed by atoms with Crippen molar-refractivity contribution in [1.29, 1.82) is 0 Å². The Kier molecular flexibility index (Phi) is 5.89. The molecule has 5 rings (SSSR count). The third-order valence-electron chi connectivity index (χ3n) is 6.57. The minimum absolute atomic E-state index is 0.0593. The molecule has 1 N–H and O–H groups in total. The quantitative estimate of drug-likeness (QED) is 0.590. The van der Waals surface area contributed by atoms with E-state index in [2.05, 4.69) is 28.8 Å². The van der Waals surface area contributed by atoms with E-state index in [1.165, 1.54) is 6.07 Å². The maximum atomic E-state index is 14.7. The molecule has 2 heterocycles. The van der Waals surface area contributed by atoms with Gasteiger partial charge in [-0.25, -0.2) is 14.1 Å². The topological polar surface area (TPSA) is 63.4 Å². The highest BCUT2D eigenvalue weighted by atomic mass is 35.5. The van der Waals surface area contributed by atoms with Crippen LogP contribution in [0.1, 0.15) is 55.1 Å². The first kappa shape index (κ1) is 22.3. The van der Waals surface area contributed by atoms with Crippen molar-refractivity contribution in [1.82, 2.24) is 19.7 Å². The fourth-order valence-corrected chi connectivity index (χ4v) is 5.07. The third kappa shape index (κ3) is 4.25. The number of halogens is 2. The molecule has 174 valence electrons. The molecule has 0 spiro atoms. The second-order valence-corrected chi connectivity index (χ2v) is 9.72. The summed E-state index contributed by atoms with van der Waals surface area (Å²) in [5.74, 6) is 2.28. The number of aryl methyl sites for hydroxylation is 1. The van der Waals surface area contributed by atoms with Crippen molar-refractivity contribution in [2.75, 3.05) is 13.1 Å². The number of benzene rings is 2. The maximum Gasteiger partial charge on any atom is 0.153 e. The van der Waals surface area contributed by atoms with Gasteiger partial charge in [0.2, 0.25) is 0 Å². The number of aliphatic hydroxyl groups excluding tert-OH is 1. The van der Waals surface area contributed by atoms with E-state index in [0.29, 0.717) is 35.7 Å². The lowest BCUT2D eigenvalue weighted by atomic mass is 10.1. The smallest absolute Gasteiger partial charge is 0.153 e. The van der Waals surface area contributed by atoms with Gasteiger partial charge in [0.1, 0.15) is 23.5 Å². The standard InChI is InChI=1S/C25H28ClFN4O2/c1-14(2)25-28-15(3)31(29-25)17-4-6-19(7-5-17)33-24-21-10-16(26)11-22(27)20(21)12-23(24)30-9-8-18(32)13-30/h4-7,10-11,14,18,23-24,32H,8-9,12-13H2,1-3H3/t18-,23+,24+/m1/s1. The third-order valence-corrected chi connectivity index (χ3v) is 6.79. The maximum absolute atomic E-state index is 14.7. The molecule has 0 unspecified atom stereocenters. The van der Waals surface area contributed by atoms with Gasteiger partial charge in [-0.2, -0.15) is 5.10 Å². The van der Waals surface area contributed by atoms with Gasteiger partial charge in [-0.05, 0) is 61.7 Å². The van der Waals surface area contributed by atoms with Gasteiger partial charge in [0, 0.05) is 29.6 Å². The van der Waals surface area contributed by atoms with Crippen LogP contribution >= 0.6 is 11.6 Å². The molecule has 0 radical (unpaired) electrons. The Labute approximate surface area is 198 Å². The van der Waals surface area contributed by atoms with Crippen LogP contribution in [0.15, 0.2) is 36.4 Å². The SMILES string of the molecule is Cc1nc(C(C)C)nn1-c1ccc(O[C@H]2c3cc(Cl)cc(F)c3C[C@@H]2N2CC[C@@H](O)C2)cc1. The normalized spacial score (nSPS) is 22.8. The van der Waals surface area contributed by atoms with Crippen molar-refractivity contribution in [3.05, 3.63) is 70.0 Å². The zero-order valence-electron chi connectivity index (χ0n) is 19.0. The molecular formula is C25H28ClFN4O2. The predicted molar refractivity (Wildman–Crippen MR) is 125 cm³/mol. The Morgan fingerprint density at radius 3 is 2.61 bits per heavy atom. The number of fused-ring (bicyclic) bond motifs is 1. The highest BCUT2D eigenvalue weighted by Crippen LogP contribution is 2.41. The Hall–Kier alpha value is -2.48. The van der Waals surface area contributed by atoms with E-state index in [0.717, 1.165) is 29.4 Å². The summed E-state index contributed by atoms with van der Waals surface area (Å²) >= 11 is 6.19. The summed E-state index contributed by atoms with van der Waals surface area (Å²) in [5.41, 5.74) is 2.33. The lowest BCUT2D eigenvalue weighted by Gasteiger charge is -2.30. The molecule has 3 atom stereocenters. The van der Waals surface area contributed by atoms with Gasteiger partial charge in [-0.15, -0.1) is 0 Å². The fourth-order valence-electron chi connectivity index (χ4n) is 4.86. The molecule has 0 bridgehead atoms. The lowest BCUT2D eigenvalue weighted by molar-refractivity contribution is 0.0818. The van der Waals surface area contributed by atoms with Crippen LogP contribution in [-0.2, 0) is 6.42 Å². The molecule has 3 aromatic rings. The van der Waals surface area contributed by atoms with Gasteiger partial charge < -0.3 is 9.84 Å². The molecule has 1 aliphatic carbocycles. The van der Waals surface area contributed by atoms with Crippen molar-refractivity contribution in [3.8, 4) is 11.4 Å². The summed E-state index contributed by atoms with van der Waals surface area (Å²) in [6.07, 6.45) is 0.519. The monoisotopic (exact) mass is 470 g/mol. The van der Waals surface area contributed by atoms with E-state index >= 15 is 0 Å². The number of nitrogens with zero attached hydrogens (tertiary/aromatic N) is 4. The van der Waals surface area contributed by atoms with Gasteiger partial charge in [0.15, 0.2) is 5.82 Å². The molecule has 1 aromatic heterocycles. The zero-order chi connectivity index (χ0) is 23.3. The number of ether oxygens (including phenoxy) is 1. The van der Waals surface area contributed by atoms with Crippen molar-refractivity contribution < 1.29 is 14.2 Å². The average Bonchev–Trinajstić information content (AvgIpc) is 3.46. The van der Waals surface area contributed by atoms with Crippen molar-refractivity contribution in [3.63, 3.8) is 0 Å². The first-order valence-electron chi connectivity index (χ1n) is 11.4. The second kappa shape index (κ2) is 8.70. The predicted octanol–water partition coefficient (Wildman–Crippen LogP) is 4.60. The van der Waals surface area contributed by atoms with E-state index in [1.54, 1.807) is 6.07 Å². The summed E-state index contributed by atoms with van der Waals surface area (Å²) in [4.78, 5) is 6.74. The number of aliphatic hydroxyl groups is 1. The molecule has 0 saturated carbocycles. The molecule has 2 aromatic carbocycles. The van der Waals surface area contributed by atoms with E-state index in [9.17, 15) is 9.50 Å².